The largest absolute Gasteiger partial charge is 0.465 e. The topological polar surface area (TPSA) is 87.7 Å². The van der Waals surface area contributed by atoms with Crippen LogP contribution in [0.25, 0.3) is 0 Å². The van der Waals surface area contributed by atoms with Crippen LogP contribution in [0.5, 0.6) is 0 Å². The van der Waals surface area contributed by atoms with Crippen molar-refractivity contribution < 1.29 is 19.1 Å². The average molecular weight is 327 g/mol. The summed E-state index contributed by atoms with van der Waals surface area (Å²) in [4.78, 5) is 37.0. The number of hydrogen-bond donors (Lipinski definition) is 2. The Labute approximate surface area is 138 Å². The first-order valence-electron chi connectivity index (χ1n) is 8.42. The molecule has 1 rings (SSSR count). The Bertz CT molecular complexity index is 406. The molecule has 7 nitrogen and oxygen atoms in total. The highest BCUT2D eigenvalue weighted by atomic mass is 16.5. The lowest BCUT2D eigenvalue weighted by Crippen LogP contribution is -2.49. The number of carbonyl (C=O) groups is 3. The Kier molecular flexibility index (Phi) is 8.61. The van der Waals surface area contributed by atoms with Crippen LogP contribution in [0.15, 0.2) is 0 Å². The van der Waals surface area contributed by atoms with Gasteiger partial charge in [-0.1, -0.05) is 19.3 Å². The fraction of sp³-hybridized carbons (Fsp3) is 0.812. The van der Waals surface area contributed by atoms with Gasteiger partial charge in [0.25, 0.3) is 0 Å². The van der Waals surface area contributed by atoms with Gasteiger partial charge in [0.15, 0.2) is 0 Å². The molecule has 1 saturated carbocycles. The standard InChI is InChI=1S/C16H29N3O4/c1-4-23-15(21)11-19(12(2)3)10-14(20)18-16(22)17-13-8-6-5-7-9-13/h12-13H,4-11H2,1-3H3,(H2,17,18,20,22). The molecule has 132 valence electrons. The van der Waals surface area contributed by atoms with E-state index >= 15 is 0 Å². The first-order valence-corrected chi connectivity index (χ1v) is 8.42. The normalized spacial score (nSPS) is 15.5. The van der Waals surface area contributed by atoms with Crippen LogP contribution in [0.3, 0.4) is 0 Å². The first kappa shape index (κ1) is 19.4. The van der Waals surface area contributed by atoms with E-state index in [9.17, 15) is 14.4 Å². The van der Waals surface area contributed by atoms with Gasteiger partial charge in [-0.05, 0) is 33.6 Å². The molecule has 0 saturated heterocycles. The van der Waals surface area contributed by atoms with E-state index in [1.165, 1.54) is 6.42 Å². The van der Waals surface area contributed by atoms with Gasteiger partial charge in [0.2, 0.25) is 5.91 Å². The van der Waals surface area contributed by atoms with Gasteiger partial charge >= 0.3 is 12.0 Å². The van der Waals surface area contributed by atoms with Crippen molar-refractivity contribution in [3.05, 3.63) is 0 Å². The number of nitrogens with one attached hydrogen (secondary N) is 2. The summed E-state index contributed by atoms with van der Waals surface area (Å²) in [6, 6.07) is -0.314. The fourth-order valence-corrected chi connectivity index (χ4v) is 2.61. The van der Waals surface area contributed by atoms with E-state index < -0.39 is 11.9 Å². The van der Waals surface area contributed by atoms with Crippen molar-refractivity contribution in [3.8, 4) is 0 Å². The van der Waals surface area contributed by atoms with Gasteiger partial charge in [-0.15, -0.1) is 0 Å². The molecule has 23 heavy (non-hydrogen) atoms. The molecule has 3 amide bonds. The van der Waals surface area contributed by atoms with Gasteiger partial charge in [0, 0.05) is 12.1 Å². The maximum atomic E-state index is 12.0. The number of hydrogen-bond acceptors (Lipinski definition) is 5. The van der Waals surface area contributed by atoms with Crippen LogP contribution in [0.1, 0.15) is 52.9 Å². The van der Waals surface area contributed by atoms with Crippen molar-refractivity contribution in [2.75, 3.05) is 19.7 Å². The van der Waals surface area contributed by atoms with Crippen molar-refractivity contribution in [2.45, 2.75) is 65.0 Å². The van der Waals surface area contributed by atoms with Crippen molar-refractivity contribution in [1.82, 2.24) is 15.5 Å². The van der Waals surface area contributed by atoms with Gasteiger partial charge in [-0.2, -0.15) is 0 Å². The molecule has 0 aromatic rings. The minimum atomic E-state index is -0.457. The third-order valence-corrected chi connectivity index (χ3v) is 3.91. The Morgan fingerprint density at radius 3 is 2.35 bits per heavy atom. The smallest absolute Gasteiger partial charge is 0.321 e. The highest BCUT2D eigenvalue weighted by Crippen LogP contribution is 2.17. The number of ether oxygens (including phenoxy) is 1. The second kappa shape index (κ2) is 10.2. The zero-order valence-corrected chi connectivity index (χ0v) is 14.4. The molecule has 1 fully saturated rings. The van der Waals surface area contributed by atoms with Crippen LogP contribution in [0.4, 0.5) is 4.79 Å². The molecule has 0 aromatic heterocycles. The number of esters is 1. The van der Waals surface area contributed by atoms with Crippen LogP contribution >= 0.6 is 0 Å². The van der Waals surface area contributed by atoms with Crippen molar-refractivity contribution in [1.29, 1.82) is 0 Å². The van der Waals surface area contributed by atoms with E-state index in [0.29, 0.717) is 6.61 Å². The summed E-state index contributed by atoms with van der Waals surface area (Å²) in [6.45, 7) is 5.82. The predicted molar refractivity (Wildman–Crippen MR) is 86.9 cm³/mol. The maximum absolute atomic E-state index is 12.0. The summed E-state index contributed by atoms with van der Waals surface area (Å²) in [5.74, 6) is -0.794. The summed E-state index contributed by atoms with van der Waals surface area (Å²) in [6.07, 6.45) is 5.35. The number of amides is 3. The summed E-state index contributed by atoms with van der Waals surface area (Å²) in [5.41, 5.74) is 0. The van der Waals surface area contributed by atoms with E-state index in [4.69, 9.17) is 4.74 Å². The first-order chi connectivity index (χ1) is 10.9. The molecule has 0 spiro atoms. The quantitative estimate of drug-likeness (QED) is 0.691. The van der Waals surface area contributed by atoms with Crippen LogP contribution in [-0.2, 0) is 14.3 Å². The van der Waals surface area contributed by atoms with Crippen LogP contribution in [0, 0.1) is 0 Å². The van der Waals surface area contributed by atoms with Crippen molar-refractivity contribution in [3.63, 3.8) is 0 Å². The Morgan fingerprint density at radius 1 is 1.13 bits per heavy atom. The Morgan fingerprint density at radius 2 is 1.78 bits per heavy atom. The van der Waals surface area contributed by atoms with Crippen molar-refractivity contribution >= 4 is 17.9 Å². The second-order valence-electron chi connectivity index (χ2n) is 6.16. The van der Waals surface area contributed by atoms with E-state index in [1.54, 1.807) is 11.8 Å². The monoisotopic (exact) mass is 327 g/mol. The van der Waals surface area contributed by atoms with E-state index in [2.05, 4.69) is 10.6 Å². The van der Waals surface area contributed by atoms with Gasteiger partial charge in [-0.25, -0.2) is 4.79 Å². The zero-order chi connectivity index (χ0) is 17.2. The summed E-state index contributed by atoms with van der Waals surface area (Å²) in [5, 5.41) is 5.17. The van der Waals surface area contributed by atoms with Crippen LogP contribution in [0.2, 0.25) is 0 Å². The maximum Gasteiger partial charge on any atom is 0.321 e. The molecule has 0 radical (unpaired) electrons. The van der Waals surface area contributed by atoms with Crippen LogP contribution < -0.4 is 10.6 Å². The van der Waals surface area contributed by atoms with E-state index in [1.807, 2.05) is 13.8 Å². The zero-order valence-electron chi connectivity index (χ0n) is 14.4. The molecule has 0 heterocycles. The number of carbonyl (C=O) groups excluding carboxylic acids is 3. The molecule has 0 unspecified atom stereocenters. The number of rotatable bonds is 7. The summed E-state index contributed by atoms with van der Waals surface area (Å²) in [7, 11) is 0. The van der Waals surface area contributed by atoms with Gasteiger partial charge in [0.05, 0.1) is 19.7 Å². The Hall–Kier alpha value is -1.63. The highest BCUT2D eigenvalue weighted by Gasteiger charge is 2.21. The van der Waals surface area contributed by atoms with Gasteiger partial charge in [-0.3, -0.25) is 19.8 Å². The molecule has 1 aliphatic carbocycles. The summed E-state index contributed by atoms with van der Waals surface area (Å²) < 4.78 is 4.89. The van der Waals surface area contributed by atoms with Crippen LogP contribution in [-0.4, -0.2) is 54.6 Å². The SMILES string of the molecule is CCOC(=O)CN(CC(=O)NC(=O)NC1CCCCC1)C(C)C. The molecular formula is C16H29N3O4. The molecule has 1 aliphatic rings. The van der Waals surface area contributed by atoms with Gasteiger partial charge in [0.1, 0.15) is 0 Å². The minimum Gasteiger partial charge on any atom is -0.465 e. The molecule has 0 aromatic carbocycles. The molecular weight excluding hydrogens is 298 g/mol. The second-order valence-corrected chi connectivity index (χ2v) is 6.16. The third-order valence-electron chi connectivity index (χ3n) is 3.91. The van der Waals surface area contributed by atoms with Crippen molar-refractivity contribution in [2.24, 2.45) is 0 Å². The number of imide groups is 1. The molecule has 0 atom stereocenters. The van der Waals surface area contributed by atoms with E-state index in [-0.39, 0.29) is 31.1 Å². The third kappa shape index (κ3) is 7.97. The number of urea groups is 1. The lowest BCUT2D eigenvalue weighted by atomic mass is 9.96. The highest BCUT2D eigenvalue weighted by molar-refractivity contribution is 5.95. The molecule has 0 aliphatic heterocycles. The molecule has 2 N–H and O–H groups in total. The number of nitrogens with zero attached hydrogens (tertiary/aromatic N) is 1. The fourth-order valence-electron chi connectivity index (χ4n) is 2.61. The Balaban J connectivity index is 2.38. The predicted octanol–water partition coefficient (Wildman–Crippen LogP) is 1.42. The minimum absolute atomic E-state index is 0.00781. The lowest BCUT2D eigenvalue weighted by Gasteiger charge is -2.25. The summed E-state index contributed by atoms with van der Waals surface area (Å²) >= 11 is 0. The van der Waals surface area contributed by atoms with E-state index in [0.717, 1.165) is 25.7 Å². The van der Waals surface area contributed by atoms with Gasteiger partial charge < -0.3 is 10.1 Å². The molecule has 0 bridgehead atoms. The average Bonchev–Trinajstić information content (AvgIpc) is 2.47. The molecule has 7 heteroatoms. The lowest BCUT2D eigenvalue weighted by molar-refractivity contribution is -0.145.